The minimum Gasteiger partial charge on any atom is -0.507 e. The number of ketones is 3. The van der Waals surface area contributed by atoms with Crippen LogP contribution in [0.4, 0.5) is 0 Å². The van der Waals surface area contributed by atoms with Crippen molar-refractivity contribution in [2.24, 2.45) is 5.73 Å². The fraction of sp³-hybridized carbons (Fsp3) is 0.444. The van der Waals surface area contributed by atoms with Gasteiger partial charge in [0, 0.05) is 42.0 Å². The molecule has 39 heavy (non-hydrogen) atoms. The molecule has 0 bridgehead atoms. The zero-order valence-corrected chi connectivity index (χ0v) is 21.2. The van der Waals surface area contributed by atoms with Crippen molar-refractivity contribution in [2.75, 3.05) is 13.7 Å². The van der Waals surface area contributed by atoms with Crippen molar-refractivity contribution >= 4 is 17.3 Å². The van der Waals surface area contributed by atoms with Gasteiger partial charge in [0.15, 0.2) is 17.9 Å². The highest BCUT2D eigenvalue weighted by Crippen LogP contribution is 2.52. The second-order valence-electron chi connectivity index (χ2n) is 10.2. The van der Waals surface area contributed by atoms with Crippen molar-refractivity contribution in [1.82, 2.24) is 0 Å². The number of aliphatic hydroxyl groups is 3. The molecule has 1 fully saturated rings. The van der Waals surface area contributed by atoms with Crippen molar-refractivity contribution in [3.63, 3.8) is 0 Å². The first-order chi connectivity index (χ1) is 18.4. The van der Waals surface area contributed by atoms with Gasteiger partial charge in [-0.05, 0) is 13.0 Å². The number of hydrogen-bond donors (Lipinski definition) is 6. The highest BCUT2D eigenvalue weighted by Gasteiger charge is 2.50. The summed E-state index contributed by atoms with van der Waals surface area (Å²) in [7, 11) is 1.32. The second kappa shape index (κ2) is 9.66. The molecule has 2 aromatic rings. The van der Waals surface area contributed by atoms with Crippen LogP contribution in [0.3, 0.4) is 0 Å². The molecule has 1 heterocycles. The van der Waals surface area contributed by atoms with E-state index in [2.05, 4.69) is 0 Å². The van der Waals surface area contributed by atoms with E-state index >= 15 is 0 Å². The molecule has 0 spiro atoms. The molecule has 0 amide bonds. The van der Waals surface area contributed by atoms with Crippen molar-refractivity contribution in [3.05, 3.63) is 51.6 Å². The lowest BCUT2D eigenvalue weighted by Gasteiger charge is -2.42. The number of phenolic OH excluding ortho intramolecular Hbond substituents is 2. The smallest absolute Gasteiger partial charge is 0.202 e. The summed E-state index contributed by atoms with van der Waals surface area (Å²) in [4.78, 5) is 39.7. The third kappa shape index (κ3) is 4.11. The van der Waals surface area contributed by atoms with Crippen LogP contribution in [0.25, 0.3) is 0 Å². The SMILES string of the molecule is COc1cccc2c1C(=O)c1c(O)c3c(c(O)c1C2=O)C[C@@](O)(C(=O)CO)CC3O[C@H]1CC(N)C(O)C(C)O1. The third-order valence-electron chi connectivity index (χ3n) is 7.81. The van der Waals surface area contributed by atoms with Gasteiger partial charge in [-0.2, -0.15) is 0 Å². The second-order valence-corrected chi connectivity index (χ2v) is 10.2. The summed E-state index contributed by atoms with van der Waals surface area (Å²) in [5, 5.41) is 53.7. The molecule has 3 aliphatic rings. The van der Waals surface area contributed by atoms with Gasteiger partial charge in [-0.1, -0.05) is 12.1 Å². The summed E-state index contributed by atoms with van der Waals surface area (Å²) in [6, 6.07) is 3.64. The highest BCUT2D eigenvalue weighted by atomic mass is 16.7. The van der Waals surface area contributed by atoms with Gasteiger partial charge in [0.2, 0.25) is 5.78 Å². The van der Waals surface area contributed by atoms with Crippen molar-refractivity contribution < 1.29 is 54.1 Å². The van der Waals surface area contributed by atoms with E-state index in [0.29, 0.717) is 0 Å². The van der Waals surface area contributed by atoms with Gasteiger partial charge < -0.3 is 45.5 Å². The fourth-order valence-corrected chi connectivity index (χ4v) is 5.75. The maximum atomic E-state index is 13.6. The van der Waals surface area contributed by atoms with Crippen LogP contribution in [0.2, 0.25) is 0 Å². The van der Waals surface area contributed by atoms with E-state index in [0.717, 1.165) is 0 Å². The molecule has 2 aromatic carbocycles. The number of rotatable bonds is 5. The topological polar surface area (TPSA) is 206 Å². The molecule has 1 aliphatic heterocycles. The van der Waals surface area contributed by atoms with Crippen LogP contribution >= 0.6 is 0 Å². The first-order valence-corrected chi connectivity index (χ1v) is 12.4. The Labute approximate surface area is 222 Å². The summed E-state index contributed by atoms with van der Waals surface area (Å²) in [6.45, 7) is 0.560. The van der Waals surface area contributed by atoms with E-state index in [1.807, 2.05) is 0 Å². The fourth-order valence-electron chi connectivity index (χ4n) is 5.75. The molecule has 1 saturated heterocycles. The Kier molecular flexibility index (Phi) is 6.74. The average Bonchev–Trinajstić information content (AvgIpc) is 2.90. The van der Waals surface area contributed by atoms with Crippen LogP contribution in [-0.2, 0) is 20.7 Å². The Morgan fingerprint density at radius 3 is 2.49 bits per heavy atom. The number of carbonyl (C=O) groups excluding carboxylic acids is 3. The number of aromatic hydroxyl groups is 2. The Hall–Kier alpha value is -3.39. The summed E-state index contributed by atoms with van der Waals surface area (Å²) in [5.74, 6) is -3.77. The summed E-state index contributed by atoms with van der Waals surface area (Å²) in [6.07, 6.45) is -5.12. The van der Waals surface area contributed by atoms with Gasteiger partial charge in [0.1, 0.15) is 29.5 Å². The lowest BCUT2D eigenvalue weighted by Crippen LogP contribution is -2.53. The van der Waals surface area contributed by atoms with E-state index in [4.69, 9.17) is 19.9 Å². The monoisotopic (exact) mass is 543 g/mol. The van der Waals surface area contributed by atoms with E-state index in [-0.39, 0.29) is 34.4 Å². The minimum absolute atomic E-state index is 0.0173. The Bertz CT molecular complexity index is 1380. The van der Waals surface area contributed by atoms with E-state index in [9.17, 15) is 39.9 Å². The zero-order chi connectivity index (χ0) is 28.4. The van der Waals surface area contributed by atoms with Gasteiger partial charge >= 0.3 is 0 Å². The Balaban J connectivity index is 1.69. The number of hydrogen-bond acceptors (Lipinski definition) is 12. The molecule has 0 aromatic heterocycles. The molecule has 2 aliphatic carbocycles. The van der Waals surface area contributed by atoms with E-state index < -0.39 is 95.7 Å². The molecule has 6 atom stereocenters. The average molecular weight is 544 g/mol. The maximum absolute atomic E-state index is 13.6. The quantitative estimate of drug-likeness (QED) is 0.235. The molecule has 5 rings (SSSR count). The molecular formula is C27H29NO11. The maximum Gasteiger partial charge on any atom is 0.202 e. The van der Waals surface area contributed by atoms with Gasteiger partial charge in [0.05, 0.1) is 42.1 Å². The van der Waals surface area contributed by atoms with Crippen LogP contribution in [0, 0.1) is 0 Å². The van der Waals surface area contributed by atoms with Gasteiger partial charge in [0.25, 0.3) is 0 Å². The summed E-state index contributed by atoms with van der Waals surface area (Å²) < 4.78 is 17.0. The molecule has 0 saturated carbocycles. The zero-order valence-electron chi connectivity index (χ0n) is 21.2. The van der Waals surface area contributed by atoms with Crippen LogP contribution < -0.4 is 10.5 Å². The number of fused-ring (bicyclic) bond motifs is 3. The molecule has 4 unspecified atom stereocenters. The molecule has 208 valence electrons. The molecule has 0 radical (unpaired) electrons. The number of methoxy groups -OCH3 is 1. The standard InChI is InChI=1S/C27H29NO11/c1-10-22(31)13(28)6-17(38-10)39-15-8-27(36,16(30)9-29)7-12-19(15)26(35)21-20(24(12)33)23(32)11-4-3-5-14(37-2)18(11)25(21)34/h3-5,10,13,15,17,22,29,31,33,35-36H,6-9,28H2,1-2H3/t10?,13?,15?,17-,22?,27-/m0/s1. The number of ether oxygens (including phenoxy) is 3. The number of benzene rings is 2. The van der Waals surface area contributed by atoms with Crippen LogP contribution in [0.15, 0.2) is 18.2 Å². The highest BCUT2D eigenvalue weighted by molar-refractivity contribution is 6.31. The minimum atomic E-state index is -2.24. The Morgan fingerprint density at radius 2 is 1.85 bits per heavy atom. The first kappa shape index (κ1) is 27.2. The molecule has 7 N–H and O–H groups in total. The number of nitrogens with two attached hydrogens (primary N) is 1. The predicted molar refractivity (Wildman–Crippen MR) is 132 cm³/mol. The molecule has 12 nitrogen and oxygen atoms in total. The van der Waals surface area contributed by atoms with Gasteiger partial charge in [-0.3, -0.25) is 14.4 Å². The van der Waals surface area contributed by atoms with E-state index in [1.165, 1.54) is 25.3 Å². The predicted octanol–water partition coefficient (Wildman–Crippen LogP) is 0.00130. The van der Waals surface area contributed by atoms with Crippen molar-refractivity contribution in [1.29, 1.82) is 0 Å². The summed E-state index contributed by atoms with van der Waals surface area (Å²) >= 11 is 0. The van der Waals surface area contributed by atoms with Crippen molar-refractivity contribution in [3.8, 4) is 17.2 Å². The van der Waals surface area contributed by atoms with Gasteiger partial charge in [-0.15, -0.1) is 0 Å². The van der Waals surface area contributed by atoms with Crippen molar-refractivity contribution in [2.45, 2.75) is 62.4 Å². The number of phenols is 2. The van der Waals surface area contributed by atoms with Gasteiger partial charge in [-0.25, -0.2) is 0 Å². The normalized spacial score (nSPS) is 29.8. The first-order valence-electron chi connectivity index (χ1n) is 12.4. The number of carbonyl (C=O) groups is 3. The van der Waals surface area contributed by atoms with Crippen LogP contribution in [0.5, 0.6) is 17.2 Å². The third-order valence-corrected chi connectivity index (χ3v) is 7.81. The molecular weight excluding hydrogens is 514 g/mol. The lowest BCUT2D eigenvalue weighted by atomic mass is 9.72. The molecule has 12 heteroatoms. The number of Topliss-reactive ketones (excluding diaryl/α,β-unsaturated/α-hetero) is 1. The number of aliphatic hydroxyl groups excluding tert-OH is 2. The van der Waals surface area contributed by atoms with E-state index in [1.54, 1.807) is 6.92 Å². The lowest BCUT2D eigenvalue weighted by molar-refractivity contribution is -0.247. The van der Waals surface area contributed by atoms with Crippen LogP contribution in [-0.4, -0.2) is 86.7 Å². The summed E-state index contributed by atoms with van der Waals surface area (Å²) in [5.41, 5.74) is 2.37. The van der Waals surface area contributed by atoms with Crippen LogP contribution in [0.1, 0.15) is 68.8 Å². The largest absolute Gasteiger partial charge is 0.507 e. The Morgan fingerprint density at radius 1 is 1.15 bits per heavy atom.